The molecule has 0 saturated heterocycles. The van der Waals surface area contributed by atoms with Crippen LogP contribution < -0.4 is 15.4 Å². The maximum atomic E-state index is 14.4. The third-order valence-corrected chi connectivity index (χ3v) is 5.41. The molecule has 6 nitrogen and oxygen atoms in total. The number of benzene rings is 2. The van der Waals surface area contributed by atoms with Gasteiger partial charge in [0.05, 0.1) is 24.3 Å². The number of aliphatic imine (C=N–C) groups is 1. The quantitative estimate of drug-likeness (QED) is 0.177. The second-order valence-electron chi connectivity index (χ2n) is 7.90. The molecule has 0 saturated carbocycles. The van der Waals surface area contributed by atoms with Crippen LogP contribution in [0.25, 0.3) is 11.8 Å². The number of carbonyl (C=O) groups excluding carboxylic acids is 1. The predicted molar refractivity (Wildman–Crippen MR) is 158 cm³/mol. The minimum atomic E-state index is -4.76. The first kappa shape index (κ1) is 35.6. The van der Waals surface area contributed by atoms with Gasteiger partial charge in [0.1, 0.15) is 29.2 Å². The topological polar surface area (TPSA) is 80.8 Å². The van der Waals surface area contributed by atoms with Gasteiger partial charge in [0.15, 0.2) is 0 Å². The summed E-state index contributed by atoms with van der Waals surface area (Å²) in [6.45, 7) is 13.5. The van der Waals surface area contributed by atoms with Crippen molar-refractivity contribution in [2.24, 2.45) is 10.7 Å². The van der Waals surface area contributed by atoms with Gasteiger partial charge in [0.2, 0.25) is 5.88 Å². The Kier molecular flexibility index (Phi) is 14.2. The Morgan fingerprint density at radius 1 is 1.05 bits per heavy atom. The Morgan fingerprint density at radius 2 is 1.71 bits per heavy atom. The molecule has 0 radical (unpaired) electrons. The number of halogens is 5. The lowest BCUT2D eigenvalue weighted by Gasteiger charge is -2.27. The summed E-state index contributed by atoms with van der Waals surface area (Å²) in [5.74, 6) is -2.01. The fourth-order valence-corrected chi connectivity index (χ4v) is 3.67. The minimum Gasteiger partial charge on any atom is -0.438 e. The van der Waals surface area contributed by atoms with Crippen molar-refractivity contribution in [3.05, 3.63) is 94.7 Å². The summed E-state index contributed by atoms with van der Waals surface area (Å²) in [6, 6.07) is 7.32. The summed E-state index contributed by atoms with van der Waals surface area (Å²) < 4.78 is 74.2. The van der Waals surface area contributed by atoms with Gasteiger partial charge in [-0.3, -0.25) is 4.79 Å². The van der Waals surface area contributed by atoms with Crippen molar-refractivity contribution < 1.29 is 31.5 Å². The number of rotatable bonds is 6. The van der Waals surface area contributed by atoms with Gasteiger partial charge in [-0.15, -0.1) is 0 Å². The van der Waals surface area contributed by atoms with Crippen LogP contribution in [0.1, 0.15) is 55.5 Å². The Labute approximate surface area is 243 Å². The number of hydrogen-bond acceptors (Lipinski definition) is 6. The molecule has 0 aliphatic carbocycles. The number of allylic oxidation sites excluding steroid dienone is 1. The molecule has 2 N–H and O–H groups in total. The second kappa shape index (κ2) is 16.8. The van der Waals surface area contributed by atoms with E-state index in [9.17, 15) is 26.7 Å². The lowest BCUT2D eigenvalue weighted by atomic mass is 10.0. The summed E-state index contributed by atoms with van der Waals surface area (Å²) >= 11 is 0. The van der Waals surface area contributed by atoms with Gasteiger partial charge in [-0.05, 0) is 61.5 Å². The first-order valence-corrected chi connectivity index (χ1v) is 13.1. The number of aromatic nitrogens is 1. The van der Waals surface area contributed by atoms with Crippen LogP contribution in [0.5, 0.6) is 11.6 Å². The monoisotopic (exact) mass is 590 g/mol. The Morgan fingerprint density at radius 3 is 2.31 bits per heavy atom. The van der Waals surface area contributed by atoms with Gasteiger partial charge in [0.25, 0.3) is 0 Å². The lowest BCUT2D eigenvalue weighted by molar-refractivity contribution is -0.138. The second-order valence-corrected chi connectivity index (χ2v) is 7.90. The van der Waals surface area contributed by atoms with Crippen molar-refractivity contribution in [1.29, 1.82) is 0 Å². The van der Waals surface area contributed by atoms with Crippen LogP contribution >= 0.6 is 0 Å². The standard InChI is InChI=1S/C26H18F5N3O2.2C2H6.CH5N/c1-15-8-18(27)10-23(28)21(15)13-34-14-33-16(2)20-11-19(5-6-24(20)34)36-25-22(26(29,30)31)9-17(12-32-25)4-3-7-35;3*1-2/h3-12,14H,2,13H2,1H3;2*1-2H3;2H2,1H3/b4-3+;;;. The van der Waals surface area contributed by atoms with Gasteiger partial charge >= 0.3 is 6.18 Å². The Balaban J connectivity index is 0.00000138. The molecule has 42 heavy (non-hydrogen) atoms. The molecule has 11 heteroatoms. The first-order valence-electron chi connectivity index (χ1n) is 13.1. The summed E-state index contributed by atoms with van der Waals surface area (Å²) in [5.41, 5.74) is 5.48. The number of ether oxygens (including phenoxy) is 1. The molecule has 1 aliphatic heterocycles. The molecule has 3 aromatic rings. The molecule has 1 aromatic heterocycles. The third-order valence-electron chi connectivity index (χ3n) is 5.41. The number of alkyl halides is 3. The molecular formula is C31H35F5N4O2. The van der Waals surface area contributed by atoms with Gasteiger partial charge in [-0.25, -0.2) is 18.8 Å². The van der Waals surface area contributed by atoms with E-state index in [4.69, 9.17) is 4.74 Å². The molecular weight excluding hydrogens is 555 g/mol. The highest BCUT2D eigenvalue weighted by atomic mass is 19.4. The zero-order chi connectivity index (χ0) is 32.0. The van der Waals surface area contributed by atoms with E-state index in [1.807, 2.05) is 27.7 Å². The summed E-state index contributed by atoms with van der Waals surface area (Å²) in [5, 5.41) is 0. The van der Waals surface area contributed by atoms with E-state index >= 15 is 0 Å². The van der Waals surface area contributed by atoms with Crippen LogP contribution in [0.2, 0.25) is 0 Å². The lowest BCUT2D eigenvalue weighted by Crippen LogP contribution is -2.25. The van der Waals surface area contributed by atoms with E-state index in [1.165, 1.54) is 37.7 Å². The number of fused-ring (bicyclic) bond motifs is 1. The van der Waals surface area contributed by atoms with Crippen molar-refractivity contribution >= 4 is 30.1 Å². The van der Waals surface area contributed by atoms with E-state index in [-0.39, 0.29) is 23.4 Å². The number of hydrogen-bond donors (Lipinski definition) is 1. The molecule has 1 aliphatic rings. The van der Waals surface area contributed by atoms with E-state index in [0.717, 1.165) is 24.4 Å². The van der Waals surface area contributed by atoms with Crippen LogP contribution in [0.3, 0.4) is 0 Å². The Hall–Kier alpha value is -4.38. The zero-order valence-corrected chi connectivity index (χ0v) is 24.4. The largest absolute Gasteiger partial charge is 0.438 e. The molecule has 0 spiro atoms. The SMILES string of the molecule is C=C1N=CN(Cc2c(C)cc(F)cc2F)c2ccc(Oc3ncc(/C=C/C=O)cc3C(F)(F)F)cc21.CC.CC.CN. The van der Waals surface area contributed by atoms with Crippen molar-refractivity contribution in [1.82, 2.24) is 4.98 Å². The number of nitrogens with two attached hydrogens (primary N) is 1. The number of nitrogens with zero attached hydrogens (tertiary/aromatic N) is 3. The average Bonchev–Trinajstić information content (AvgIpc) is 2.98. The maximum Gasteiger partial charge on any atom is 0.421 e. The van der Waals surface area contributed by atoms with Crippen molar-refractivity contribution in [2.45, 2.75) is 47.3 Å². The van der Waals surface area contributed by atoms with Crippen LogP contribution in [-0.4, -0.2) is 24.7 Å². The smallest absolute Gasteiger partial charge is 0.421 e. The van der Waals surface area contributed by atoms with Crippen molar-refractivity contribution in [3.63, 3.8) is 0 Å². The highest BCUT2D eigenvalue weighted by Crippen LogP contribution is 2.40. The highest BCUT2D eigenvalue weighted by Gasteiger charge is 2.36. The van der Waals surface area contributed by atoms with Gasteiger partial charge in [-0.1, -0.05) is 40.3 Å². The van der Waals surface area contributed by atoms with E-state index in [0.29, 0.717) is 28.8 Å². The summed E-state index contributed by atoms with van der Waals surface area (Å²) in [7, 11) is 1.50. The molecule has 0 bridgehead atoms. The van der Waals surface area contributed by atoms with Crippen LogP contribution in [-0.2, 0) is 17.5 Å². The average molecular weight is 591 g/mol. The molecule has 0 unspecified atom stereocenters. The summed E-state index contributed by atoms with van der Waals surface area (Å²) in [4.78, 5) is 20.1. The van der Waals surface area contributed by atoms with Crippen molar-refractivity contribution in [2.75, 3.05) is 11.9 Å². The third kappa shape index (κ3) is 9.07. The van der Waals surface area contributed by atoms with Crippen molar-refractivity contribution in [3.8, 4) is 11.6 Å². The van der Waals surface area contributed by atoms with Crippen LogP contribution in [0.15, 0.2) is 60.2 Å². The van der Waals surface area contributed by atoms with Gasteiger partial charge < -0.3 is 15.4 Å². The molecule has 2 aromatic carbocycles. The highest BCUT2D eigenvalue weighted by molar-refractivity contribution is 5.94. The Bertz CT molecular complexity index is 1400. The fraction of sp³-hybridized carbons (Fsp3) is 0.258. The first-order chi connectivity index (χ1) is 20.1. The number of carbonyl (C=O) groups is 1. The van der Waals surface area contributed by atoms with Crippen LogP contribution in [0.4, 0.5) is 27.6 Å². The van der Waals surface area contributed by atoms with Crippen LogP contribution in [0, 0.1) is 18.6 Å². The predicted octanol–water partition coefficient (Wildman–Crippen LogP) is 8.34. The maximum absolute atomic E-state index is 14.4. The number of anilines is 1. The molecule has 0 fully saturated rings. The fourth-order valence-electron chi connectivity index (χ4n) is 3.67. The zero-order valence-electron chi connectivity index (χ0n) is 24.4. The molecule has 4 rings (SSSR count). The normalized spacial score (nSPS) is 11.8. The molecule has 2 heterocycles. The minimum absolute atomic E-state index is 0.0392. The number of pyridine rings is 1. The van der Waals surface area contributed by atoms with Gasteiger partial charge in [-0.2, -0.15) is 13.2 Å². The van der Waals surface area contributed by atoms with E-state index in [2.05, 4.69) is 22.3 Å². The summed E-state index contributed by atoms with van der Waals surface area (Å²) in [6.07, 6.45) is 0.521. The molecule has 0 atom stereocenters. The van der Waals surface area contributed by atoms with Gasteiger partial charge in [0, 0.05) is 23.4 Å². The number of aryl methyl sites for hydroxylation is 1. The van der Waals surface area contributed by atoms with E-state index < -0.39 is 29.3 Å². The number of aldehydes is 1. The van der Waals surface area contributed by atoms with E-state index in [1.54, 1.807) is 17.9 Å². The molecule has 226 valence electrons. The molecule has 0 amide bonds.